The predicted octanol–water partition coefficient (Wildman–Crippen LogP) is 5.08. The Morgan fingerprint density at radius 1 is 1.00 bits per heavy atom. The van der Waals surface area contributed by atoms with Gasteiger partial charge in [0, 0.05) is 24.9 Å². The lowest BCUT2D eigenvalue weighted by Gasteiger charge is -2.37. The van der Waals surface area contributed by atoms with E-state index in [1.165, 1.54) is 0 Å². The molecule has 2 aliphatic rings. The Morgan fingerprint density at radius 3 is 2.25 bits per heavy atom. The molecule has 24 heavy (non-hydrogen) atoms. The molecule has 1 saturated carbocycles. The summed E-state index contributed by atoms with van der Waals surface area (Å²) in [6.45, 7) is 4.06. The summed E-state index contributed by atoms with van der Waals surface area (Å²) in [7, 11) is 0. The maximum atomic E-state index is 12.2. The summed E-state index contributed by atoms with van der Waals surface area (Å²) in [5, 5.41) is 0. The smallest absolute Gasteiger partial charge is 0.378 e. The molecule has 2 fully saturated rings. The first kappa shape index (κ1) is 20.0. The van der Waals surface area contributed by atoms with Gasteiger partial charge in [-0.2, -0.15) is 13.2 Å². The molecule has 0 radical (unpaired) electrons. The van der Waals surface area contributed by atoms with Crippen LogP contribution in [0, 0.1) is 11.8 Å². The van der Waals surface area contributed by atoms with Gasteiger partial charge in [0.25, 0.3) is 0 Å². The lowest BCUT2D eigenvalue weighted by Crippen LogP contribution is -2.39. The highest BCUT2D eigenvalue weighted by atomic mass is 19.4. The Kier molecular flexibility index (Phi) is 8.31. The molecule has 0 aromatic carbocycles. The molecule has 0 amide bonds. The zero-order valence-corrected chi connectivity index (χ0v) is 14.7. The highest BCUT2D eigenvalue weighted by molar-refractivity contribution is 4.77. The zero-order chi connectivity index (χ0) is 17.4. The number of unbranched alkanes of at least 4 members (excludes halogenated alkanes) is 1. The summed E-state index contributed by atoms with van der Waals surface area (Å²) in [4.78, 5) is 0. The van der Waals surface area contributed by atoms with Crippen molar-refractivity contribution in [1.29, 1.82) is 0 Å². The first-order valence-electron chi connectivity index (χ1n) is 9.39. The standard InChI is InChI=1S/C18H31F3O3/c1-2-3-11-22-16-8-6-15(7-9-16)17-23-12-14(13-24-17)5-4-10-18(19,20)21/h14-17H,2-13H2,1H3. The minimum atomic E-state index is -4.06. The van der Waals surface area contributed by atoms with Gasteiger partial charge in [-0.25, -0.2) is 0 Å². The highest BCUT2D eigenvalue weighted by Gasteiger charge is 2.33. The van der Waals surface area contributed by atoms with Crippen LogP contribution in [-0.4, -0.2) is 38.4 Å². The second kappa shape index (κ2) is 9.97. The number of halogens is 3. The van der Waals surface area contributed by atoms with Crippen molar-refractivity contribution in [3.8, 4) is 0 Å². The SMILES string of the molecule is CCCCOC1CCC(C2OCC(CCCC(F)(F)F)CO2)CC1. The van der Waals surface area contributed by atoms with E-state index in [1.54, 1.807) is 0 Å². The second-order valence-electron chi connectivity index (χ2n) is 7.17. The molecular formula is C18H31F3O3. The Balaban J connectivity index is 1.58. The number of ether oxygens (including phenoxy) is 3. The van der Waals surface area contributed by atoms with Gasteiger partial charge in [-0.15, -0.1) is 0 Å². The second-order valence-corrected chi connectivity index (χ2v) is 7.17. The molecule has 6 heteroatoms. The number of hydrogen-bond acceptors (Lipinski definition) is 3. The van der Waals surface area contributed by atoms with E-state index < -0.39 is 12.6 Å². The molecule has 0 spiro atoms. The fourth-order valence-electron chi connectivity index (χ4n) is 3.51. The van der Waals surface area contributed by atoms with Gasteiger partial charge in [0.05, 0.1) is 19.3 Å². The van der Waals surface area contributed by atoms with E-state index in [9.17, 15) is 13.2 Å². The van der Waals surface area contributed by atoms with Crippen LogP contribution < -0.4 is 0 Å². The van der Waals surface area contributed by atoms with Crippen molar-refractivity contribution >= 4 is 0 Å². The van der Waals surface area contributed by atoms with Crippen LogP contribution in [0.4, 0.5) is 13.2 Å². The van der Waals surface area contributed by atoms with Crippen molar-refractivity contribution in [3.05, 3.63) is 0 Å². The van der Waals surface area contributed by atoms with Crippen LogP contribution >= 0.6 is 0 Å². The van der Waals surface area contributed by atoms with E-state index in [1.807, 2.05) is 0 Å². The van der Waals surface area contributed by atoms with E-state index in [0.717, 1.165) is 45.1 Å². The summed E-state index contributed by atoms with van der Waals surface area (Å²) in [5.74, 6) is 0.490. The van der Waals surface area contributed by atoms with E-state index in [-0.39, 0.29) is 18.6 Å². The maximum Gasteiger partial charge on any atom is 0.389 e. The molecule has 0 aromatic heterocycles. The highest BCUT2D eigenvalue weighted by Crippen LogP contribution is 2.33. The van der Waals surface area contributed by atoms with Gasteiger partial charge in [0.2, 0.25) is 0 Å². The molecule has 142 valence electrons. The van der Waals surface area contributed by atoms with Gasteiger partial charge >= 0.3 is 6.18 Å². The summed E-state index contributed by atoms with van der Waals surface area (Å²) in [5.41, 5.74) is 0. The largest absolute Gasteiger partial charge is 0.389 e. The maximum absolute atomic E-state index is 12.2. The summed E-state index contributed by atoms with van der Waals surface area (Å²) < 4.78 is 54.0. The van der Waals surface area contributed by atoms with Crippen LogP contribution in [0.3, 0.4) is 0 Å². The Morgan fingerprint density at radius 2 is 1.67 bits per heavy atom. The molecule has 1 saturated heterocycles. The zero-order valence-electron chi connectivity index (χ0n) is 14.7. The normalized spacial score (nSPS) is 32.0. The summed E-state index contributed by atoms with van der Waals surface area (Å²) in [6, 6.07) is 0. The molecule has 0 N–H and O–H groups in total. The molecule has 2 rings (SSSR count). The van der Waals surface area contributed by atoms with Gasteiger partial charge in [0.15, 0.2) is 6.29 Å². The van der Waals surface area contributed by atoms with Gasteiger partial charge in [-0.3, -0.25) is 0 Å². The first-order chi connectivity index (χ1) is 11.5. The van der Waals surface area contributed by atoms with Crippen LogP contribution in [0.5, 0.6) is 0 Å². The van der Waals surface area contributed by atoms with Crippen molar-refractivity contribution < 1.29 is 27.4 Å². The average Bonchev–Trinajstić information content (AvgIpc) is 2.55. The Labute approximate surface area is 143 Å². The number of hydrogen-bond donors (Lipinski definition) is 0. The molecule has 0 aromatic rings. The van der Waals surface area contributed by atoms with E-state index >= 15 is 0 Å². The topological polar surface area (TPSA) is 27.7 Å². The monoisotopic (exact) mass is 352 g/mol. The molecule has 3 nitrogen and oxygen atoms in total. The first-order valence-corrected chi connectivity index (χ1v) is 9.39. The minimum Gasteiger partial charge on any atom is -0.378 e. The van der Waals surface area contributed by atoms with Crippen molar-refractivity contribution in [2.24, 2.45) is 11.8 Å². The fraction of sp³-hybridized carbons (Fsp3) is 1.00. The van der Waals surface area contributed by atoms with Crippen molar-refractivity contribution in [1.82, 2.24) is 0 Å². The lowest BCUT2D eigenvalue weighted by atomic mass is 9.86. The van der Waals surface area contributed by atoms with Crippen LogP contribution in [0.25, 0.3) is 0 Å². The third-order valence-electron chi connectivity index (χ3n) is 5.02. The fourth-order valence-corrected chi connectivity index (χ4v) is 3.51. The molecule has 1 aliphatic carbocycles. The van der Waals surface area contributed by atoms with Crippen molar-refractivity contribution in [2.75, 3.05) is 19.8 Å². The molecule has 1 aliphatic heterocycles. The predicted molar refractivity (Wildman–Crippen MR) is 85.7 cm³/mol. The number of alkyl halides is 3. The van der Waals surface area contributed by atoms with Crippen LogP contribution in [0.15, 0.2) is 0 Å². The molecule has 0 atom stereocenters. The Bertz CT molecular complexity index is 333. The van der Waals surface area contributed by atoms with Crippen LogP contribution in [0.2, 0.25) is 0 Å². The van der Waals surface area contributed by atoms with Gasteiger partial charge in [0.1, 0.15) is 0 Å². The van der Waals surface area contributed by atoms with Crippen LogP contribution in [-0.2, 0) is 14.2 Å². The molecule has 0 bridgehead atoms. The van der Waals surface area contributed by atoms with E-state index in [0.29, 0.717) is 31.7 Å². The minimum absolute atomic E-state index is 0.0947. The molecule has 0 unspecified atom stereocenters. The quantitative estimate of drug-likeness (QED) is 0.570. The summed E-state index contributed by atoms with van der Waals surface area (Å²) in [6.07, 6.45) is 2.54. The van der Waals surface area contributed by atoms with E-state index in [2.05, 4.69) is 6.92 Å². The Hall–Kier alpha value is -0.330. The van der Waals surface area contributed by atoms with Gasteiger partial charge in [-0.05, 0) is 44.9 Å². The van der Waals surface area contributed by atoms with Crippen LogP contribution in [0.1, 0.15) is 64.7 Å². The molecular weight excluding hydrogens is 321 g/mol. The average molecular weight is 352 g/mol. The van der Waals surface area contributed by atoms with Crippen molar-refractivity contribution in [2.45, 2.75) is 83.3 Å². The van der Waals surface area contributed by atoms with Crippen molar-refractivity contribution in [3.63, 3.8) is 0 Å². The summed E-state index contributed by atoms with van der Waals surface area (Å²) >= 11 is 0. The van der Waals surface area contributed by atoms with Gasteiger partial charge in [-0.1, -0.05) is 13.3 Å². The third-order valence-corrected chi connectivity index (χ3v) is 5.02. The third kappa shape index (κ3) is 7.28. The molecule has 1 heterocycles. The lowest BCUT2D eigenvalue weighted by molar-refractivity contribution is -0.232. The van der Waals surface area contributed by atoms with Gasteiger partial charge < -0.3 is 14.2 Å². The number of rotatable bonds is 8. The van der Waals surface area contributed by atoms with E-state index in [4.69, 9.17) is 14.2 Å².